The number of benzene rings is 1. The van der Waals surface area contributed by atoms with E-state index in [-0.39, 0.29) is 12.0 Å². The SMILES string of the molecule is CCCCCCCN(CCC(=O)O)c1cccc(C(=O)O)c1. The number of hydrogen-bond acceptors (Lipinski definition) is 3. The molecule has 0 radical (unpaired) electrons. The van der Waals surface area contributed by atoms with E-state index in [0.29, 0.717) is 6.54 Å². The zero-order chi connectivity index (χ0) is 16.4. The molecule has 0 heterocycles. The Balaban J connectivity index is 2.69. The van der Waals surface area contributed by atoms with Crippen molar-refractivity contribution in [2.45, 2.75) is 45.4 Å². The Morgan fingerprint density at radius 2 is 1.77 bits per heavy atom. The molecule has 0 aliphatic heterocycles. The predicted molar refractivity (Wildman–Crippen MR) is 86.6 cm³/mol. The van der Waals surface area contributed by atoms with Crippen molar-refractivity contribution in [3.05, 3.63) is 29.8 Å². The minimum atomic E-state index is -0.969. The molecule has 2 N–H and O–H groups in total. The van der Waals surface area contributed by atoms with Crippen LogP contribution in [0.2, 0.25) is 0 Å². The number of aliphatic carboxylic acids is 1. The molecule has 0 unspecified atom stereocenters. The van der Waals surface area contributed by atoms with Crippen LogP contribution >= 0.6 is 0 Å². The molecule has 0 saturated heterocycles. The van der Waals surface area contributed by atoms with Crippen molar-refractivity contribution in [1.29, 1.82) is 0 Å². The number of hydrogen-bond donors (Lipinski definition) is 2. The molecule has 0 aliphatic carbocycles. The molecule has 0 fully saturated rings. The van der Waals surface area contributed by atoms with Crippen molar-refractivity contribution in [1.82, 2.24) is 0 Å². The predicted octanol–water partition coefficient (Wildman–Crippen LogP) is 3.64. The van der Waals surface area contributed by atoms with Gasteiger partial charge in [-0.25, -0.2) is 4.79 Å². The summed E-state index contributed by atoms with van der Waals surface area (Å²) < 4.78 is 0. The summed E-state index contributed by atoms with van der Waals surface area (Å²) in [6, 6.07) is 6.68. The lowest BCUT2D eigenvalue weighted by Gasteiger charge is -2.24. The summed E-state index contributed by atoms with van der Waals surface area (Å²) in [4.78, 5) is 23.8. The summed E-state index contributed by atoms with van der Waals surface area (Å²) in [5.41, 5.74) is 1.00. The van der Waals surface area contributed by atoms with Crippen molar-refractivity contribution in [3.8, 4) is 0 Å². The topological polar surface area (TPSA) is 77.8 Å². The van der Waals surface area contributed by atoms with Gasteiger partial charge < -0.3 is 15.1 Å². The second-order valence-electron chi connectivity index (χ2n) is 5.40. The number of nitrogens with zero attached hydrogens (tertiary/aromatic N) is 1. The molecule has 0 aliphatic rings. The van der Waals surface area contributed by atoms with E-state index < -0.39 is 11.9 Å². The van der Waals surface area contributed by atoms with Crippen molar-refractivity contribution < 1.29 is 19.8 Å². The van der Waals surface area contributed by atoms with E-state index in [1.807, 2.05) is 11.0 Å². The van der Waals surface area contributed by atoms with Crippen molar-refractivity contribution in [2.75, 3.05) is 18.0 Å². The monoisotopic (exact) mass is 307 g/mol. The minimum absolute atomic E-state index is 0.0479. The van der Waals surface area contributed by atoms with Gasteiger partial charge in [0, 0.05) is 18.8 Å². The van der Waals surface area contributed by atoms with E-state index in [2.05, 4.69) is 6.92 Å². The van der Waals surface area contributed by atoms with E-state index in [1.165, 1.54) is 19.3 Å². The first-order valence-electron chi connectivity index (χ1n) is 7.84. The smallest absolute Gasteiger partial charge is 0.335 e. The van der Waals surface area contributed by atoms with Crippen LogP contribution in [0.5, 0.6) is 0 Å². The first-order chi connectivity index (χ1) is 10.5. The minimum Gasteiger partial charge on any atom is -0.481 e. The molecule has 122 valence electrons. The zero-order valence-corrected chi connectivity index (χ0v) is 13.1. The van der Waals surface area contributed by atoms with Crippen LogP contribution in [0.1, 0.15) is 55.8 Å². The molecule has 0 amide bonds. The number of rotatable bonds is 11. The fourth-order valence-corrected chi connectivity index (χ4v) is 2.34. The third-order valence-corrected chi connectivity index (χ3v) is 3.59. The number of carbonyl (C=O) groups is 2. The van der Waals surface area contributed by atoms with Crippen LogP contribution in [-0.2, 0) is 4.79 Å². The third-order valence-electron chi connectivity index (χ3n) is 3.59. The Morgan fingerprint density at radius 3 is 2.41 bits per heavy atom. The Hall–Kier alpha value is -2.04. The van der Waals surface area contributed by atoms with Gasteiger partial charge in [0.15, 0.2) is 0 Å². The van der Waals surface area contributed by atoms with Crippen LogP contribution in [0.25, 0.3) is 0 Å². The maximum Gasteiger partial charge on any atom is 0.335 e. The first-order valence-corrected chi connectivity index (χ1v) is 7.84. The Morgan fingerprint density at radius 1 is 1.05 bits per heavy atom. The molecule has 1 aromatic carbocycles. The average molecular weight is 307 g/mol. The largest absolute Gasteiger partial charge is 0.481 e. The molecule has 0 bridgehead atoms. The first kappa shape index (κ1) is 18.0. The molecule has 0 atom stereocenters. The fourth-order valence-electron chi connectivity index (χ4n) is 2.34. The third kappa shape index (κ3) is 6.61. The van der Waals surface area contributed by atoms with Crippen LogP contribution in [0, 0.1) is 0 Å². The Bertz CT molecular complexity index is 487. The molecule has 5 heteroatoms. The molecule has 5 nitrogen and oxygen atoms in total. The number of aromatic carboxylic acids is 1. The molecular weight excluding hydrogens is 282 g/mol. The van der Waals surface area contributed by atoms with Crippen LogP contribution in [0.3, 0.4) is 0 Å². The number of unbranched alkanes of at least 4 members (excludes halogenated alkanes) is 4. The number of carboxylic acids is 2. The van der Waals surface area contributed by atoms with Crippen LogP contribution in [0.4, 0.5) is 5.69 Å². The Kier molecular flexibility index (Phi) is 8.04. The summed E-state index contributed by atoms with van der Waals surface area (Å²) in [5, 5.41) is 17.9. The quantitative estimate of drug-likeness (QED) is 0.610. The summed E-state index contributed by atoms with van der Waals surface area (Å²) in [6.07, 6.45) is 5.71. The standard InChI is InChI=1S/C17H25NO4/c1-2-3-4-5-6-11-18(12-10-16(19)20)15-9-7-8-14(13-15)17(21)22/h7-9,13H,2-6,10-12H2,1H3,(H,19,20)(H,21,22). The molecule has 1 aromatic rings. The van der Waals surface area contributed by atoms with Gasteiger partial charge in [-0.1, -0.05) is 38.7 Å². The van der Waals surface area contributed by atoms with Crippen molar-refractivity contribution in [2.24, 2.45) is 0 Å². The Labute approximate surface area is 131 Å². The summed E-state index contributed by atoms with van der Waals surface area (Å²) >= 11 is 0. The molecular formula is C17H25NO4. The fraction of sp³-hybridized carbons (Fsp3) is 0.529. The van der Waals surface area contributed by atoms with Crippen LogP contribution in [0.15, 0.2) is 24.3 Å². The highest BCUT2D eigenvalue weighted by Crippen LogP contribution is 2.18. The highest BCUT2D eigenvalue weighted by atomic mass is 16.4. The maximum atomic E-state index is 11.1. The van der Waals surface area contributed by atoms with Gasteiger partial charge in [0.25, 0.3) is 0 Å². The average Bonchev–Trinajstić information content (AvgIpc) is 2.50. The van der Waals surface area contributed by atoms with Gasteiger partial charge in [-0.2, -0.15) is 0 Å². The van der Waals surface area contributed by atoms with E-state index in [0.717, 1.165) is 25.1 Å². The van der Waals surface area contributed by atoms with E-state index in [1.54, 1.807) is 18.2 Å². The molecule has 0 saturated carbocycles. The van der Waals surface area contributed by atoms with Crippen molar-refractivity contribution in [3.63, 3.8) is 0 Å². The van der Waals surface area contributed by atoms with Crippen LogP contribution < -0.4 is 4.90 Å². The molecule has 0 spiro atoms. The van der Waals surface area contributed by atoms with Gasteiger partial charge in [-0.15, -0.1) is 0 Å². The highest BCUT2D eigenvalue weighted by Gasteiger charge is 2.11. The maximum absolute atomic E-state index is 11.1. The molecule has 1 rings (SSSR count). The van der Waals surface area contributed by atoms with Gasteiger partial charge in [-0.3, -0.25) is 4.79 Å². The summed E-state index contributed by atoms with van der Waals surface area (Å²) in [7, 11) is 0. The van der Waals surface area contributed by atoms with Gasteiger partial charge in [0.2, 0.25) is 0 Å². The van der Waals surface area contributed by atoms with Crippen LogP contribution in [-0.4, -0.2) is 35.2 Å². The lowest BCUT2D eigenvalue weighted by molar-refractivity contribution is -0.136. The summed E-state index contributed by atoms with van der Waals surface area (Å²) in [6.45, 7) is 3.31. The second kappa shape index (κ2) is 9.82. The second-order valence-corrected chi connectivity index (χ2v) is 5.40. The normalized spacial score (nSPS) is 10.4. The van der Waals surface area contributed by atoms with Gasteiger partial charge in [-0.05, 0) is 24.6 Å². The van der Waals surface area contributed by atoms with E-state index in [4.69, 9.17) is 10.2 Å². The summed E-state index contributed by atoms with van der Waals surface area (Å²) in [5.74, 6) is -1.81. The highest BCUT2D eigenvalue weighted by molar-refractivity contribution is 5.88. The van der Waals surface area contributed by atoms with E-state index >= 15 is 0 Å². The van der Waals surface area contributed by atoms with Gasteiger partial charge in [0.05, 0.1) is 12.0 Å². The van der Waals surface area contributed by atoms with E-state index in [9.17, 15) is 9.59 Å². The van der Waals surface area contributed by atoms with Gasteiger partial charge >= 0.3 is 11.9 Å². The van der Waals surface area contributed by atoms with Gasteiger partial charge in [0.1, 0.15) is 0 Å². The van der Waals surface area contributed by atoms with Crippen molar-refractivity contribution >= 4 is 17.6 Å². The number of carboxylic acid groups (broad SMARTS) is 2. The molecule has 0 aromatic heterocycles. The zero-order valence-electron chi connectivity index (χ0n) is 13.1. The molecule has 22 heavy (non-hydrogen) atoms. The lowest BCUT2D eigenvalue weighted by atomic mass is 10.1. The lowest BCUT2D eigenvalue weighted by Crippen LogP contribution is -2.27. The number of anilines is 1.